The minimum Gasteiger partial charge on any atom is -0.342 e. The Balaban J connectivity index is 1.64. The van der Waals surface area contributed by atoms with E-state index in [2.05, 4.69) is 20.8 Å². The van der Waals surface area contributed by atoms with Gasteiger partial charge in [-0.1, -0.05) is 19.3 Å². The number of aromatic amines is 1. The lowest BCUT2D eigenvalue weighted by Gasteiger charge is -2.35. The van der Waals surface area contributed by atoms with Crippen LogP contribution in [0.25, 0.3) is 0 Å². The number of H-pyrrole nitrogens is 1. The highest BCUT2D eigenvalue weighted by Crippen LogP contribution is 2.32. The molecule has 1 saturated carbocycles. The fraction of sp³-hybridized carbons (Fsp3) is 0.722. The van der Waals surface area contributed by atoms with Crippen molar-refractivity contribution in [3.8, 4) is 0 Å². The number of nitrogens with zero attached hydrogens (tertiary/aromatic N) is 2. The number of nitrogens with one attached hydrogen (secondary N) is 3. The van der Waals surface area contributed by atoms with Crippen LogP contribution < -0.4 is 10.6 Å². The molecule has 0 aromatic carbocycles. The number of rotatable bonds is 4. The normalized spacial score (nSPS) is 21.8. The fourth-order valence-electron chi connectivity index (χ4n) is 4.05. The maximum atomic E-state index is 12.8. The molecule has 2 heterocycles. The molecule has 0 bridgehead atoms. The molecule has 1 aliphatic heterocycles. The third-order valence-electron chi connectivity index (χ3n) is 5.35. The van der Waals surface area contributed by atoms with E-state index in [0.717, 1.165) is 37.9 Å². The molecule has 3 amide bonds. The molecule has 0 radical (unpaired) electrons. The smallest absolute Gasteiger partial charge is 0.319 e. The van der Waals surface area contributed by atoms with E-state index in [1.807, 2.05) is 11.8 Å². The van der Waals surface area contributed by atoms with E-state index < -0.39 is 0 Å². The number of amides is 3. The lowest BCUT2D eigenvalue weighted by atomic mass is 9.86. The first-order valence-corrected chi connectivity index (χ1v) is 9.56. The first-order chi connectivity index (χ1) is 12.2. The van der Waals surface area contributed by atoms with Gasteiger partial charge in [-0.2, -0.15) is 5.10 Å². The van der Waals surface area contributed by atoms with Crippen molar-refractivity contribution in [3.05, 3.63) is 11.9 Å². The minimum absolute atomic E-state index is 0.195. The van der Waals surface area contributed by atoms with E-state index >= 15 is 0 Å². The summed E-state index contributed by atoms with van der Waals surface area (Å²) in [6, 6.07) is -0.226. The van der Waals surface area contributed by atoms with Crippen LogP contribution in [0.1, 0.15) is 63.5 Å². The Labute approximate surface area is 148 Å². The maximum Gasteiger partial charge on any atom is 0.319 e. The van der Waals surface area contributed by atoms with Crippen molar-refractivity contribution in [2.45, 2.75) is 57.8 Å². The SMILES string of the molecule is CCNC(=O)Nc1cn[nH]c1[C@H]1CCCN(C(=O)C2CCCCC2)C1. The number of hydrogen-bond donors (Lipinski definition) is 3. The number of likely N-dealkylation sites (tertiary alicyclic amines) is 1. The fourth-order valence-corrected chi connectivity index (χ4v) is 4.05. The molecule has 138 valence electrons. The van der Waals surface area contributed by atoms with Crippen molar-refractivity contribution in [2.75, 3.05) is 25.0 Å². The molecule has 2 fully saturated rings. The number of carbonyl (C=O) groups excluding carboxylic acids is 2. The van der Waals surface area contributed by atoms with E-state index in [-0.39, 0.29) is 17.9 Å². The van der Waals surface area contributed by atoms with Gasteiger partial charge in [0.05, 0.1) is 17.6 Å². The van der Waals surface area contributed by atoms with Gasteiger partial charge in [0.1, 0.15) is 0 Å². The Morgan fingerprint density at radius 1 is 1.24 bits per heavy atom. The molecular formula is C18H29N5O2. The number of urea groups is 1. The number of carbonyl (C=O) groups is 2. The van der Waals surface area contributed by atoms with Crippen LogP contribution in [0.3, 0.4) is 0 Å². The van der Waals surface area contributed by atoms with E-state index in [0.29, 0.717) is 24.7 Å². The Morgan fingerprint density at radius 3 is 2.80 bits per heavy atom. The first-order valence-electron chi connectivity index (χ1n) is 9.56. The summed E-state index contributed by atoms with van der Waals surface area (Å²) >= 11 is 0. The number of anilines is 1. The van der Waals surface area contributed by atoms with Crippen LogP contribution >= 0.6 is 0 Å². The molecule has 1 atom stereocenters. The third-order valence-corrected chi connectivity index (χ3v) is 5.35. The molecule has 3 N–H and O–H groups in total. The molecule has 7 heteroatoms. The van der Waals surface area contributed by atoms with Gasteiger partial charge < -0.3 is 15.5 Å². The average molecular weight is 347 g/mol. The van der Waals surface area contributed by atoms with Gasteiger partial charge >= 0.3 is 6.03 Å². The standard InChI is InChI=1S/C18H29N5O2/c1-2-19-18(25)21-15-11-20-22-16(15)14-9-6-10-23(12-14)17(24)13-7-4-3-5-8-13/h11,13-14H,2-10,12H2,1H3,(H,20,22)(H2,19,21,25)/t14-/m0/s1. The summed E-state index contributed by atoms with van der Waals surface area (Å²) in [7, 11) is 0. The zero-order chi connectivity index (χ0) is 17.6. The van der Waals surface area contributed by atoms with Crippen LogP contribution in [0, 0.1) is 5.92 Å². The molecule has 1 saturated heterocycles. The summed E-state index contributed by atoms with van der Waals surface area (Å²) < 4.78 is 0. The molecule has 1 aromatic rings. The molecule has 1 aromatic heterocycles. The number of aromatic nitrogens is 2. The van der Waals surface area contributed by atoms with Gasteiger partial charge in [0.2, 0.25) is 5.91 Å². The van der Waals surface area contributed by atoms with E-state index in [1.165, 1.54) is 19.3 Å². The predicted molar refractivity (Wildman–Crippen MR) is 96.4 cm³/mol. The molecule has 25 heavy (non-hydrogen) atoms. The van der Waals surface area contributed by atoms with Gasteiger partial charge in [0.25, 0.3) is 0 Å². The van der Waals surface area contributed by atoms with Crippen molar-refractivity contribution in [1.29, 1.82) is 0 Å². The van der Waals surface area contributed by atoms with Crippen LogP contribution in [0.4, 0.5) is 10.5 Å². The quantitative estimate of drug-likeness (QED) is 0.782. The molecule has 3 rings (SSSR count). The van der Waals surface area contributed by atoms with Crippen LogP contribution in [0.5, 0.6) is 0 Å². The van der Waals surface area contributed by atoms with Crippen molar-refractivity contribution in [3.63, 3.8) is 0 Å². The topological polar surface area (TPSA) is 90.1 Å². The van der Waals surface area contributed by atoms with Gasteiger partial charge in [-0.15, -0.1) is 0 Å². The Bertz CT molecular complexity index is 594. The lowest BCUT2D eigenvalue weighted by Crippen LogP contribution is -2.43. The second-order valence-corrected chi connectivity index (χ2v) is 7.14. The highest BCUT2D eigenvalue weighted by molar-refractivity contribution is 5.89. The van der Waals surface area contributed by atoms with Gasteiger partial charge in [-0.05, 0) is 32.6 Å². The summed E-state index contributed by atoms with van der Waals surface area (Å²) in [4.78, 5) is 26.7. The largest absolute Gasteiger partial charge is 0.342 e. The van der Waals surface area contributed by atoms with Crippen molar-refractivity contribution >= 4 is 17.6 Å². The maximum absolute atomic E-state index is 12.8. The Kier molecular flexibility index (Phi) is 5.94. The second kappa shape index (κ2) is 8.36. The zero-order valence-corrected chi connectivity index (χ0v) is 15.0. The summed E-state index contributed by atoms with van der Waals surface area (Å²) in [6.07, 6.45) is 9.32. The second-order valence-electron chi connectivity index (χ2n) is 7.14. The molecule has 1 aliphatic carbocycles. The molecule has 0 unspecified atom stereocenters. The molecule has 2 aliphatic rings. The van der Waals surface area contributed by atoms with Crippen LogP contribution in [-0.2, 0) is 4.79 Å². The Hall–Kier alpha value is -2.05. The van der Waals surface area contributed by atoms with E-state index in [4.69, 9.17) is 0 Å². The van der Waals surface area contributed by atoms with Crippen molar-refractivity contribution < 1.29 is 9.59 Å². The van der Waals surface area contributed by atoms with Gasteiger partial charge in [0.15, 0.2) is 0 Å². The van der Waals surface area contributed by atoms with Gasteiger partial charge in [0, 0.05) is 31.5 Å². The Morgan fingerprint density at radius 2 is 2.04 bits per heavy atom. The van der Waals surface area contributed by atoms with Crippen LogP contribution in [0.2, 0.25) is 0 Å². The molecule has 7 nitrogen and oxygen atoms in total. The summed E-state index contributed by atoms with van der Waals surface area (Å²) in [5.41, 5.74) is 1.63. The minimum atomic E-state index is -0.226. The first kappa shape index (κ1) is 17.8. The van der Waals surface area contributed by atoms with Crippen molar-refractivity contribution in [2.24, 2.45) is 5.92 Å². The van der Waals surface area contributed by atoms with Gasteiger partial charge in [-0.25, -0.2) is 4.79 Å². The zero-order valence-electron chi connectivity index (χ0n) is 15.0. The van der Waals surface area contributed by atoms with Crippen LogP contribution in [0.15, 0.2) is 6.20 Å². The summed E-state index contributed by atoms with van der Waals surface area (Å²) in [5.74, 6) is 0.727. The monoisotopic (exact) mass is 347 g/mol. The van der Waals surface area contributed by atoms with Crippen LogP contribution in [-0.4, -0.2) is 46.7 Å². The summed E-state index contributed by atoms with van der Waals surface area (Å²) in [6.45, 7) is 4.01. The predicted octanol–water partition coefficient (Wildman–Crippen LogP) is 2.84. The number of piperidine rings is 1. The highest BCUT2D eigenvalue weighted by Gasteiger charge is 2.31. The van der Waals surface area contributed by atoms with Gasteiger partial charge in [-0.3, -0.25) is 9.89 Å². The van der Waals surface area contributed by atoms with Crippen molar-refractivity contribution in [1.82, 2.24) is 20.4 Å². The summed E-state index contributed by atoms with van der Waals surface area (Å²) in [5, 5.41) is 12.7. The highest BCUT2D eigenvalue weighted by atomic mass is 16.2. The molecular weight excluding hydrogens is 318 g/mol. The molecule has 0 spiro atoms. The van der Waals surface area contributed by atoms with E-state index in [9.17, 15) is 9.59 Å². The number of hydrogen-bond acceptors (Lipinski definition) is 3. The van der Waals surface area contributed by atoms with E-state index in [1.54, 1.807) is 6.20 Å². The lowest BCUT2D eigenvalue weighted by molar-refractivity contribution is -0.137. The average Bonchev–Trinajstić information content (AvgIpc) is 3.10. The third kappa shape index (κ3) is 4.32.